The van der Waals surface area contributed by atoms with E-state index < -0.39 is 0 Å². The van der Waals surface area contributed by atoms with Crippen LogP contribution >= 0.6 is 12.2 Å². The molecule has 3 rings (SSSR count). The Morgan fingerprint density at radius 1 is 1.33 bits per heavy atom. The minimum absolute atomic E-state index is 0.00606. The summed E-state index contributed by atoms with van der Waals surface area (Å²) >= 11 is 5.28. The Labute approximate surface area is 128 Å². The van der Waals surface area contributed by atoms with Gasteiger partial charge >= 0.3 is 0 Å². The van der Waals surface area contributed by atoms with Crippen LogP contribution in [0.2, 0.25) is 0 Å². The van der Waals surface area contributed by atoms with Crippen molar-refractivity contribution in [2.24, 2.45) is 7.05 Å². The highest BCUT2D eigenvalue weighted by Crippen LogP contribution is 2.25. The van der Waals surface area contributed by atoms with Crippen molar-refractivity contribution in [2.45, 2.75) is 45.6 Å². The molecular weight excluding hydrogens is 284 g/mol. The van der Waals surface area contributed by atoms with Gasteiger partial charge in [0.05, 0.1) is 5.56 Å². The van der Waals surface area contributed by atoms with Gasteiger partial charge in [-0.1, -0.05) is 0 Å². The maximum atomic E-state index is 12.7. The molecule has 112 valence electrons. The summed E-state index contributed by atoms with van der Waals surface area (Å²) in [4.78, 5) is 12.7. The Hall–Kier alpha value is -1.69. The topological polar surface area (TPSA) is 55.6 Å². The maximum Gasteiger partial charge on any atom is 0.261 e. The number of hydrogen-bond donors (Lipinski definition) is 1. The zero-order valence-corrected chi connectivity index (χ0v) is 13.5. The van der Waals surface area contributed by atoms with E-state index >= 15 is 0 Å². The van der Waals surface area contributed by atoms with E-state index in [0.29, 0.717) is 16.2 Å². The summed E-state index contributed by atoms with van der Waals surface area (Å²) in [5.74, 6) is 0.643. The van der Waals surface area contributed by atoms with E-state index in [0.717, 1.165) is 19.3 Å². The quantitative estimate of drug-likeness (QED) is 0.868. The van der Waals surface area contributed by atoms with Crippen LogP contribution < -0.4 is 5.56 Å². The van der Waals surface area contributed by atoms with Crippen LogP contribution in [0.1, 0.15) is 44.0 Å². The molecule has 0 spiro atoms. The number of nitrogens with zero attached hydrogens (tertiary/aromatic N) is 3. The predicted molar refractivity (Wildman–Crippen MR) is 85.1 cm³/mol. The Kier molecular flexibility index (Phi) is 3.57. The molecule has 2 heterocycles. The summed E-state index contributed by atoms with van der Waals surface area (Å²) < 4.78 is 4.24. The fourth-order valence-corrected chi connectivity index (χ4v) is 3.47. The lowest BCUT2D eigenvalue weighted by Gasteiger charge is -2.20. The van der Waals surface area contributed by atoms with E-state index in [1.54, 1.807) is 4.57 Å². The third-order valence-corrected chi connectivity index (χ3v) is 4.49. The molecule has 0 fully saturated rings. The van der Waals surface area contributed by atoms with Gasteiger partial charge in [0.25, 0.3) is 5.56 Å². The van der Waals surface area contributed by atoms with Crippen molar-refractivity contribution in [3.8, 4) is 11.4 Å². The monoisotopic (exact) mass is 304 g/mol. The van der Waals surface area contributed by atoms with Gasteiger partial charge in [0.15, 0.2) is 10.6 Å². The average Bonchev–Trinajstić information content (AvgIpc) is 2.84. The van der Waals surface area contributed by atoms with E-state index in [2.05, 4.69) is 10.2 Å². The van der Waals surface area contributed by atoms with Crippen LogP contribution in [-0.4, -0.2) is 19.3 Å². The molecule has 1 aliphatic rings. The first-order valence-corrected chi connectivity index (χ1v) is 7.80. The second-order valence-electron chi connectivity index (χ2n) is 5.92. The van der Waals surface area contributed by atoms with Crippen molar-refractivity contribution in [1.29, 1.82) is 0 Å². The molecule has 0 saturated heterocycles. The molecule has 0 aromatic carbocycles. The van der Waals surface area contributed by atoms with Gasteiger partial charge in [0.2, 0.25) is 0 Å². The SMILES string of the molecule is CC(C)n1c(-c2cc3c(n(C)c2=O)CCCC3)n[nH]c1=S. The second kappa shape index (κ2) is 5.26. The lowest BCUT2D eigenvalue weighted by Crippen LogP contribution is -2.26. The van der Waals surface area contributed by atoms with Crippen molar-refractivity contribution in [3.05, 3.63) is 32.4 Å². The fraction of sp³-hybridized carbons (Fsp3) is 0.533. The van der Waals surface area contributed by atoms with E-state index in [4.69, 9.17) is 12.2 Å². The van der Waals surface area contributed by atoms with Crippen LogP contribution in [0.5, 0.6) is 0 Å². The molecule has 0 radical (unpaired) electrons. The number of aryl methyl sites for hydroxylation is 1. The smallest absolute Gasteiger partial charge is 0.261 e. The molecule has 1 N–H and O–H groups in total. The lowest BCUT2D eigenvalue weighted by atomic mass is 9.94. The molecule has 0 aliphatic heterocycles. The lowest BCUT2D eigenvalue weighted by molar-refractivity contribution is 0.593. The van der Waals surface area contributed by atoms with Crippen LogP contribution in [0.3, 0.4) is 0 Å². The Bertz CT molecular complexity index is 797. The fourth-order valence-electron chi connectivity index (χ4n) is 3.12. The molecule has 2 aromatic rings. The van der Waals surface area contributed by atoms with Crippen molar-refractivity contribution in [3.63, 3.8) is 0 Å². The number of aromatic nitrogens is 4. The molecule has 5 nitrogen and oxygen atoms in total. The van der Waals surface area contributed by atoms with Gasteiger partial charge in [0, 0.05) is 18.8 Å². The Morgan fingerprint density at radius 3 is 2.76 bits per heavy atom. The molecule has 0 amide bonds. The summed E-state index contributed by atoms with van der Waals surface area (Å²) in [6.07, 6.45) is 4.35. The Morgan fingerprint density at radius 2 is 2.05 bits per heavy atom. The first kappa shape index (κ1) is 14.3. The highest BCUT2D eigenvalue weighted by atomic mass is 32.1. The van der Waals surface area contributed by atoms with Crippen LogP contribution in [0.4, 0.5) is 0 Å². The van der Waals surface area contributed by atoms with E-state index in [1.165, 1.54) is 17.7 Å². The van der Waals surface area contributed by atoms with Gasteiger partial charge in [-0.3, -0.25) is 14.5 Å². The molecule has 21 heavy (non-hydrogen) atoms. The number of aromatic amines is 1. The zero-order valence-electron chi connectivity index (χ0n) is 12.6. The number of hydrogen-bond acceptors (Lipinski definition) is 3. The minimum atomic E-state index is 0.00606. The largest absolute Gasteiger partial charge is 0.315 e. The highest BCUT2D eigenvalue weighted by Gasteiger charge is 2.20. The zero-order chi connectivity index (χ0) is 15.1. The summed E-state index contributed by atoms with van der Waals surface area (Å²) in [6, 6.07) is 2.17. The number of fused-ring (bicyclic) bond motifs is 1. The van der Waals surface area contributed by atoms with Gasteiger partial charge in [-0.15, -0.1) is 0 Å². The molecular formula is C15H20N4OS. The van der Waals surface area contributed by atoms with Gasteiger partial charge in [-0.25, -0.2) is 0 Å². The van der Waals surface area contributed by atoms with Crippen molar-refractivity contribution in [2.75, 3.05) is 0 Å². The summed E-state index contributed by atoms with van der Waals surface area (Å²) in [5.41, 5.74) is 3.08. The molecule has 2 aromatic heterocycles. The number of rotatable bonds is 2. The predicted octanol–water partition coefficient (Wildman–Crippen LogP) is 2.77. The first-order chi connectivity index (χ1) is 10.0. The van der Waals surface area contributed by atoms with Crippen molar-refractivity contribution < 1.29 is 0 Å². The second-order valence-corrected chi connectivity index (χ2v) is 6.30. The van der Waals surface area contributed by atoms with Gasteiger partial charge < -0.3 is 4.57 Å². The number of nitrogens with one attached hydrogen (secondary N) is 1. The molecule has 1 aliphatic carbocycles. The van der Waals surface area contributed by atoms with Crippen molar-refractivity contribution in [1.82, 2.24) is 19.3 Å². The molecule has 0 unspecified atom stereocenters. The third kappa shape index (κ3) is 2.27. The van der Waals surface area contributed by atoms with Crippen LogP contribution in [0.15, 0.2) is 10.9 Å². The molecule has 6 heteroatoms. The van der Waals surface area contributed by atoms with Gasteiger partial charge in [-0.05, 0) is 63.4 Å². The van der Waals surface area contributed by atoms with Gasteiger partial charge in [0.1, 0.15) is 0 Å². The van der Waals surface area contributed by atoms with Crippen molar-refractivity contribution >= 4 is 12.2 Å². The van der Waals surface area contributed by atoms with E-state index in [9.17, 15) is 4.79 Å². The standard InChI is InChI=1S/C15H20N4OS/c1-9(2)19-13(16-17-15(19)21)11-8-10-6-4-5-7-12(10)18(3)14(11)20/h8-9H,4-7H2,1-3H3,(H,17,21). The third-order valence-electron chi connectivity index (χ3n) is 4.20. The normalized spacial score (nSPS) is 14.5. The maximum absolute atomic E-state index is 12.7. The molecule has 0 atom stereocenters. The number of pyridine rings is 1. The molecule has 0 saturated carbocycles. The highest BCUT2D eigenvalue weighted by molar-refractivity contribution is 7.71. The first-order valence-electron chi connectivity index (χ1n) is 7.39. The number of H-pyrrole nitrogens is 1. The van der Waals surface area contributed by atoms with Gasteiger partial charge in [-0.2, -0.15) is 5.10 Å². The van der Waals surface area contributed by atoms with Crippen LogP contribution in [0.25, 0.3) is 11.4 Å². The van der Waals surface area contributed by atoms with Crippen LogP contribution in [-0.2, 0) is 19.9 Å². The summed E-state index contributed by atoms with van der Waals surface area (Å²) in [7, 11) is 1.86. The minimum Gasteiger partial charge on any atom is -0.315 e. The summed E-state index contributed by atoms with van der Waals surface area (Å²) in [5, 5.41) is 7.10. The Balaban J connectivity index is 2.27. The summed E-state index contributed by atoms with van der Waals surface area (Å²) in [6.45, 7) is 4.08. The van der Waals surface area contributed by atoms with E-state index in [1.807, 2.05) is 31.5 Å². The van der Waals surface area contributed by atoms with Crippen LogP contribution in [0, 0.1) is 4.77 Å². The average molecular weight is 304 g/mol. The van der Waals surface area contributed by atoms with E-state index in [-0.39, 0.29) is 11.6 Å². The molecule has 0 bridgehead atoms.